The molecule has 6 nitrogen and oxygen atoms in total. The van der Waals surface area contributed by atoms with Crippen molar-refractivity contribution < 1.29 is 14.3 Å². The zero-order valence-electron chi connectivity index (χ0n) is 16.6. The van der Waals surface area contributed by atoms with Crippen LogP contribution in [0.1, 0.15) is 16.8 Å². The number of methoxy groups -OCH3 is 1. The van der Waals surface area contributed by atoms with Gasteiger partial charge in [-0.2, -0.15) is 0 Å². The number of nitrogens with one attached hydrogen (secondary N) is 2. The van der Waals surface area contributed by atoms with E-state index in [1.807, 2.05) is 54.6 Å². The molecule has 2 aromatic carbocycles. The van der Waals surface area contributed by atoms with Crippen molar-refractivity contribution in [3.63, 3.8) is 0 Å². The lowest BCUT2D eigenvalue weighted by atomic mass is 10.1. The Morgan fingerprint density at radius 2 is 1.87 bits per heavy atom. The highest BCUT2D eigenvalue weighted by molar-refractivity contribution is 7.14. The van der Waals surface area contributed by atoms with Gasteiger partial charge in [-0.1, -0.05) is 42.5 Å². The Bertz CT molecular complexity index is 998. The van der Waals surface area contributed by atoms with E-state index < -0.39 is 0 Å². The first-order valence-electron chi connectivity index (χ1n) is 9.50. The molecule has 7 heteroatoms. The Morgan fingerprint density at radius 3 is 2.60 bits per heavy atom. The minimum atomic E-state index is -0.260. The summed E-state index contributed by atoms with van der Waals surface area (Å²) in [4.78, 5) is 28.5. The highest BCUT2D eigenvalue weighted by Gasteiger charge is 2.09. The molecule has 1 heterocycles. The molecule has 0 spiro atoms. The van der Waals surface area contributed by atoms with Crippen molar-refractivity contribution in [1.82, 2.24) is 10.3 Å². The van der Waals surface area contributed by atoms with Gasteiger partial charge in [0, 0.05) is 18.0 Å². The summed E-state index contributed by atoms with van der Waals surface area (Å²) in [6.45, 7) is 0.545. The van der Waals surface area contributed by atoms with Gasteiger partial charge in [-0.25, -0.2) is 4.98 Å². The highest BCUT2D eigenvalue weighted by atomic mass is 32.1. The fourth-order valence-electron chi connectivity index (χ4n) is 2.69. The Hall–Kier alpha value is -3.45. The quantitative estimate of drug-likeness (QED) is 0.516. The van der Waals surface area contributed by atoms with Gasteiger partial charge in [-0.05, 0) is 35.8 Å². The molecule has 0 bridgehead atoms. The lowest BCUT2D eigenvalue weighted by molar-refractivity contribution is -0.120. The number of anilines is 1. The molecule has 0 fully saturated rings. The number of carbonyl (C=O) groups is 2. The van der Waals surface area contributed by atoms with Crippen molar-refractivity contribution >= 4 is 34.4 Å². The predicted octanol–water partition coefficient (Wildman–Crippen LogP) is 3.71. The number of aromatic nitrogens is 1. The number of hydrogen-bond acceptors (Lipinski definition) is 5. The maximum absolute atomic E-state index is 12.1. The fraction of sp³-hybridized carbons (Fsp3) is 0.174. The molecule has 3 rings (SSSR count). The highest BCUT2D eigenvalue weighted by Crippen LogP contribution is 2.16. The molecule has 30 heavy (non-hydrogen) atoms. The van der Waals surface area contributed by atoms with Gasteiger partial charge in [-0.15, -0.1) is 11.3 Å². The van der Waals surface area contributed by atoms with E-state index in [-0.39, 0.29) is 18.2 Å². The van der Waals surface area contributed by atoms with Gasteiger partial charge in [0.2, 0.25) is 11.8 Å². The minimum absolute atomic E-state index is 0.101. The monoisotopic (exact) mass is 421 g/mol. The molecule has 0 unspecified atom stereocenters. The average molecular weight is 422 g/mol. The first-order valence-corrected chi connectivity index (χ1v) is 10.4. The van der Waals surface area contributed by atoms with Gasteiger partial charge < -0.3 is 10.1 Å². The second kappa shape index (κ2) is 10.9. The zero-order chi connectivity index (χ0) is 21.2. The Labute approximate surface area is 179 Å². The van der Waals surface area contributed by atoms with Crippen LogP contribution < -0.4 is 15.4 Å². The fourth-order valence-corrected chi connectivity index (χ4v) is 3.41. The molecule has 0 saturated heterocycles. The van der Waals surface area contributed by atoms with Crippen LogP contribution in [0, 0.1) is 0 Å². The smallest absolute Gasteiger partial charge is 0.250 e. The lowest BCUT2D eigenvalue weighted by Crippen LogP contribution is -2.27. The summed E-state index contributed by atoms with van der Waals surface area (Å²) in [5, 5.41) is 7.86. The van der Waals surface area contributed by atoms with E-state index in [4.69, 9.17) is 4.74 Å². The van der Waals surface area contributed by atoms with Crippen LogP contribution in [-0.4, -0.2) is 30.5 Å². The molecule has 2 N–H and O–H groups in total. The van der Waals surface area contributed by atoms with E-state index in [0.29, 0.717) is 17.4 Å². The first kappa shape index (κ1) is 21.3. The number of benzene rings is 2. The largest absolute Gasteiger partial charge is 0.497 e. The summed E-state index contributed by atoms with van der Waals surface area (Å²) in [6.07, 6.45) is 4.11. The third-order valence-corrected chi connectivity index (χ3v) is 5.05. The van der Waals surface area contributed by atoms with Crippen LogP contribution in [0.3, 0.4) is 0 Å². The molecule has 0 aliphatic heterocycles. The normalized spacial score (nSPS) is 10.7. The molecule has 2 amide bonds. The second-order valence-corrected chi connectivity index (χ2v) is 7.36. The Kier molecular flexibility index (Phi) is 7.74. The van der Waals surface area contributed by atoms with E-state index in [1.165, 1.54) is 17.4 Å². The molecule has 3 aromatic rings. The van der Waals surface area contributed by atoms with E-state index in [1.54, 1.807) is 18.6 Å². The summed E-state index contributed by atoms with van der Waals surface area (Å²) in [7, 11) is 1.63. The van der Waals surface area contributed by atoms with E-state index >= 15 is 0 Å². The van der Waals surface area contributed by atoms with Crippen LogP contribution in [0.15, 0.2) is 66.1 Å². The van der Waals surface area contributed by atoms with Crippen LogP contribution in [0.5, 0.6) is 5.75 Å². The van der Waals surface area contributed by atoms with Crippen molar-refractivity contribution in [2.45, 2.75) is 12.8 Å². The van der Waals surface area contributed by atoms with Crippen LogP contribution in [-0.2, 0) is 22.4 Å². The maximum Gasteiger partial charge on any atom is 0.250 e. The number of thiazole rings is 1. The maximum atomic E-state index is 12.1. The SMILES string of the molecule is COc1ccc(CCNC(=O)Cc2csc(NC(=O)/C=C/c3ccccc3)n2)cc1. The molecule has 0 atom stereocenters. The van der Waals surface area contributed by atoms with Gasteiger partial charge in [-0.3, -0.25) is 14.9 Å². The predicted molar refractivity (Wildman–Crippen MR) is 120 cm³/mol. The summed E-state index contributed by atoms with van der Waals surface area (Å²) in [5.41, 5.74) is 2.70. The zero-order valence-corrected chi connectivity index (χ0v) is 17.4. The van der Waals surface area contributed by atoms with Gasteiger partial charge in [0.25, 0.3) is 0 Å². The summed E-state index contributed by atoms with van der Waals surface area (Å²) in [6, 6.07) is 17.3. The summed E-state index contributed by atoms with van der Waals surface area (Å²) < 4.78 is 5.13. The number of nitrogens with zero attached hydrogens (tertiary/aromatic N) is 1. The molecule has 1 aromatic heterocycles. The molecule has 0 radical (unpaired) electrons. The topological polar surface area (TPSA) is 80.3 Å². The van der Waals surface area contributed by atoms with Crippen LogP contribution in [0.2, 0.25) is 0 Å². The molecule has 0 aliphatic carbocycles. The number of hydrogen-bond donors (Lipinski definition) is 2. The third-order valence-electron chi connectivity index (χ3n) is 4.25. The van der Waals surface area contributed by atoms with Gasteiger partial charge in [0.15, 0.2) is 5.13 Å². The van der Waals surface area contributed by atoms with Gasteiger partial charge >= 0.3 is 0 Å². The van der Waals surface area contributed by atoms with Gasteiger partial charge in [0.05, 0.1) is 19.2 Å². The van der Waals surface area contributed by atoms with Crippen molar-refractivity contribution in [3.05, 3.63) is 82.9 Å². The van der Waals surface area contributed by atoms with Crippen molar-refractivity contribution in [2.24, 2.45) is 0 Å². The molecule has 0 aliphatic rings. The number of amides is 2. The number of rotatable bonds is 9. The van der Waals surface area contributed by atoms with Crippen LogP contribution in [0.25, 0.3) is 6.08 Å². The van der Waals surface area contributed by atoms with Crippen molar-refractivity contribution in [3.8, 4) is 5.75 Å². The van der Waals surface area contributed by atoms with Crippen molar-refractivity contribution in [2.75, 3.05) is 19.0 Å². The Morgan fingerprint density at radius 1 is 1.10 bits per heavy atom. The summed E-state index contributed by atoms with van der Waals surface area (Å²) in [5.74, 6) is 0.448. The molecule has 154 valence electrons. The molecule has 0 saturated carbocycles. The number of carbonyl (C=O) groups excluding carboxylic acids is 2. The standard InChI is InChI=1S/C23H23N3O3S/c1-29-20-10-7-18(8-11-20)13-14-24-22(28)15-19-16-30-23(25-19)26-21(27)12-9-17-5-3-2-4-6-17/h2-12,16H,13-15H2,1H3,(H,24,28)(H,25,26,27)/b12-9+. The van der Waals surface area contributed by atoms with E-state index in [9.17, 15) is 9.59 Å². The average Bonchev–Trinajstić information content (AvgIpc) is 3.20. The first-order chi connectivity index (χ1) is 14.6. The molecular weight excluding hydrogens is 398 g/mol. The number of ether oxygens (including phenoxy) is 1. The summed E-state index contributed by atoms with van der Waals surface area (Å²) >= 11 is 1.30. The Balaban J connectivity index is 1.41. The van der Waals surface area contributed by atoms with Crippen molar-refractivity contribution in [1.29, 1.82) is 0 Å². The van der Waals surface area contributed by atoms with Crippen LogP contribution >= 0.6 is 11.3 Å². The lowest BCUT2D eigenvalue weighted by Gasteiger charge is -2.05. The second-order valence-electron chi connectivity index (χ2n) is 6.50. The third kappa shape index (κ3) is 6.86. The molecular formula is C23H23N3O3S. The van der Waals surface area contributed by atoms with Crippen LogP contribution in [0.4, 0.5) is 5.13 Å². The minimum Gasteiger partial charge on any atom is -0.497 e. The van der Waals surface area contributed by atoms with E-state index in [0.717, 1.165) is 23.3 Å². The van der Waals surface area contributed by atoms with E-state index in [2.05, 4.69) is 15.6 Å². The van der Waals surface area contributed by atoms with Gasteiger partial charge in [0.1, 0.15) is 5.75 Å².